The fraction of sp³-hybridized carbons (Fsp3) is 0.615. The maximum absolute atomic E-state index is 6.15. The summed E-state index contributed by atoms with van der Waals surface area (Å²) >= 11 is 6.15. The molecule has 0 aliphatic carbocycles. The van der Waals surface area contributed by atoms with E-state index in [-0.39, 0.29) is 12.4 Å². The van der Waals surface area contributed by atoms with E-state index < -0.39 is 0 Å². The van der Waals surface area contributed by atoms with Gasteiger partial charge in [-0.3, -0.25) is 9.88 Å². The quantitative estimate of drug-likeness (QED) is 0.905. The Bertz CT molecular complexity index is 405. The smallest absolute Gasteiger partial charge is 0.0634 e. The minimum atomic E-state index is 0. The lowest BCUT2D eigenvalue weighted by Crippen LogP contribution is -2.29. The molecule has 1 N–H and O–H groups in total. The molecule has 2 saturated heterocycles. The molecule has 1 unspecified atom stereocenters. The highest BCUT2D eigenvalue weighted by Gasteiger charge is 2.40. The fourth-order valence-corrected chi connectivity index (χ4v) is 3.26. The maximum Gasteiger partial charge on any atom is 0.0634 e. The largest absolute Gasteiger partial charge is 0.316 e. The van der Waals surface area contributed by atoms with E-state index in [1.54, 1.807) is 6.20 Å². The summed E-state index contributed by atoms with van der Waals surface area (Å²) in [5.74, 6) is 0. The molecular formula is C13H19Cl2N3. The molecule has 2 aliphatic rings. The van der Waals surface area contributed by atoms with Crippen molar-refractivity contribution in [3.05, 3.63) is 29.0 Å². The van der Waals surface area contributed by atoms with Crippen LogP contribution in [-0.4, -0.2) is 36.1 Å². The summed E-state index contributed by atoms with van der Waals surface area (Å²) < 4.78 is 0. The molecule has 0 radical (unpaired) electrons. The van der Waals surface area contributed by atoms with Crippen molar-refractivity contribution in [2.24, 2.45) is 5.41 Å². The van der Waals surface area contributed by atoms with Gasteiger partial charge in [-0.15, -0.1) is 12.4 Å². The van der Waals surface area contributed by atoms with E-state index in [1.165, 1.54) is 44.6 Å². The third kappa shape index (κ3) is 2.80. The van der Waals surface area contributed by atoms with Crippen LogP contribution in [0.3, 0.4) is 0 Å². The van der Waals surface area contributed by atoms with E-state index in [9.17, 15) is 0 Å². The van der Waals surface area contributed by atoms with Gasteiger partial charge in [0.1, 0.15) is 0 Å². The van der Waals surface area contributed by atoms with Crippen LogP contribution in [0, 0.1) is 5.41 Å². The minimum Gasteiger partial charge on any atom is -0.316 e. The Hall–Kier alpha value is -0.350. The molecule has 18 heavy (non-hydrogen) atoms. The van der Waals surface area contributed by atoms with E-state index in [2.05, 4.69) is 15.2 Å². The van der Waals surface area contributed by atoms with E-state index in [0.29, 0.717) is 5.41 Å². The first-order chi connectivity index (χ1) is 8.27. The summed E-state index contributed by atoms with van der Waals surface area (Å²) in [7, 11) is 0. The van der Waals surface area contributed by atoms with Gasteiger partial charge >= 0.3 is 0 Å². The zero-order valence-electron chi connectivity index (χ0n) is 10.4. The third-order valence-electron chi connectivity index (χ3n) is 4.10. The first-order valence-corrected chi connectivity index (χ1v) is 6.67. The van der Waals surface area contributed by atoms with Crippen LogP contribution in [0.1, 0.15) is 18.4 Å². The van der Waals surface area contributed by atoms with Crippen molar-refractivity contribution in [3.8, 4) is 0 Å². The van der Waals surface area contributed by atoms with Gasteiger partial charge in [-0.05, 0) is 43.0 Å². The Kier molecular flexibility index (Phi) is 4.49. The van der Waals surface area contributed by atoms with E-state index in [0.717, 1.165) is 11.6 Å². The summed E-state index contributed by atoms with van der Waals surface area (Å²) in [4.78, 5) is 6.55. The van der Waals surface area contributed by atoms with Crippen LogP contribution in [0.25, 0.3) is 0 Å². The predicted octanol–water partition coefficient (Wildman–Crippen LogP) is 2.34. The zero-order chi connectivity index (χ0) is 11.7. The highest BCUT2D eigenvalue weighted by atomic mass is 35.5. The van der Waals surface area contributed by atoms with Gasteiger partial charge in [0.2, 0.25) is 0 Å². The van der Waals surface area contributed by atoms with Crippen LogP contribution >= 0.6 is 24.0 Å². The number of halogens is 2. The number of hydrogen-bond donors (Lipinski definition) is 1. The molecule has 3 heterocycles. The number of rotatable bonds is 2. The van der Waals surface area contributed by atoms with Crippen molar-refractivity contribution >= 4 is 24.0 Å². The first-order valence-electron chi connectivity index (χ1n) is 6.29. The lowest BCUT2D eigenvalue weighted by Gasteiger charge is -2.23. The molecule has 100 valence electrons. The molecule has 0 saturated carbocycles. The zero-order valence-corrected chi connectivity index (χ0v) is 11.9. The van der Waals surface area contributed by atoms with Gasteiger partial charge in [0.05, 0.1) is 5.02 Å². The molecule has 0 aromatic carbocycles. The minimum absolute atomic E-state index is 0. The Morgan fingerprint density at radius 3 is 3.06 bits per heavy atom. The van der Waals surface area contributed by atoms with Crippen LogP contribution in [0.5, 0.6) is 0 Å². The van der Waals surface area contributed by atoms with Gasteiger partial charge in [-0.2, -0.15) is 0 Å². The van der Waals surface area contributed by atoms with Crippen molar-refractivity contribution in [1.82, 2.24) is 15.2 Å². The highest BCUT2D eigenvalue weighted by Crippen LogP contribution is 2.36. The molecule has 3 nitrogen and oxygen atoms in total. The first kappa shape index (κ1) is 14.1. The Morgan fingerprint density at radius 1 is 1.44 bits per heavy atom. The van der Waals surface area contributed by atoms with Crippen molar-refractivity contribution in [2.75, 3.05) is 26.2 Å². The van der Waals surface area contributed by atoms with E-state index >= 15 is 0 Å². The van der Waals surface area contributed by atoms with Crippen molar-refractivity contribution in [1.29, 1.82) is 0 Å². The summed E-state index contributed by atoms with van der Waals surface area (Å²) in [6.07, 6.45) is 6.21. The van der Waals surface area contributed by atoms with Gasteiger partial charge in [0.15, 0.2) is 0 Å². The van der Waals surface area contributed by atoms with Gasteiger partial charge in [0.25, 0.3) is 0 Å². The summed E-state index contributed by atoms with van der Waals surface area (Å²) in [6.45, 7) is 5.74. The van der Waals surface area contributed by atoms with Crippen LogP contribution in [0.4, 0.5) is 0 Å². The summed E-state index contributed by atoms with van der Waals surface area (Å²) in [5, 5.41) is 4.28. The second-order valence-corrected chi connectivity index (χ2v) is 5.76. The lowest BCUT2D eigenvalue weighted by atomic mass is 9.87. The topological polar surface area (TPSA) is 28.2 Å². The number of likely N-dealkylation sites (tertiary alicyclic amines) is 1. The summed E-state index contributed by atoms with van der Waals surface area (Å²) in [5.41, 5.74) is 1.74. The predicted molar refractivity (Wildman–Crippen MR) is 76.3 cm³/mol. The monoisotopic (exact) mass is 287 g/mol. The molecule has 1 aromatic heterocycles. The third-order valence-corrected chi connectivity index (χ3v) is 4.44. The number of nitrogens with one attached hydrogen (secondary N) is 1. The van der Waals surface area contributed by atoms with Crippen molar-refractivity contribution in [3.63, 3.8) is 0 Å². The summed E-state index contributed by atoms with van der Waals surface area (Å²) in [6, 6.07) is 2.03. The number of aromatic nitrogens is 1. The second kappa shape index (κ2) is 5.74. The number of pyridine rings is 1. The molecule has 2 fully saturated rings. The van der Waals surface area contributed by atoms with E-state index in [1.807, 2.05) is 12.3 Å². The Balaban J connectivity index is 0.00000120. The molecule has 5 heteroatoms. The Labute approximate surface area is 119 Å². The van der Waals surface area contributed by atoms with Crippen LogP contribution < -0.4 is 5.32 Å². The Morgan fingerprint density at radius 2 is 2.33 bits per heavy atom. The van der Waals surface area contributed by atoms with Crippen LogP contribution in [0.2, 0.25) is 5.02 Å². The highest BCUT2D eigenvalue weighted by molar-refractivity contribution is 6.31. The lowest BCUT2D eigenvalue weighted by molar-refractivity contribution is 0.268. The number of nitrogens with zero attached hydrogens (tertiary/aromatic N) is 2. The van der Waals surface area contributed by atoms with E-state index in [4.69, 9.17) is 11.6 Å². The molecular weight excluding hydrogens is 269 g/mol. The molecule has 0 amide bonds. The molecule has 2 aliphatic heterocycles. The molecule has 3 rings (SSSR count). The molecule has 1 spiro atoms. The van der Waals surface area contributed by atoms with Crippen LogP contribution in [0.15, 0.2) is 18.5 Å². The standard InChI is InChI=1S/C13H18ClN3.ClH/c14-12-7-15-4-1-11(12)8-17-6-3-13(10-17)2-5-16-9-13;/h1,4,7,16H,2-3,5-6,8-10H2;1H. The average molecular weight is 288 g/mol. The average Bonchev–Trinajstić information content (AvgIpc) is 2.94. The van der Waals surface area contributed by atoms with Gasteiger partial charge in [0, 0.05) is 32.0 Å². The molecule has 1 atom stereocenters. The van der Waals surface area contributed by atoms with Crippen molar-refractivity contribution < 1.29 is 0 Å². The number of hydrogen-bond acceptors (Lipinski definition) is 3. The second-order valence-electron chi connectivity index (χ2n) is 5.35. The normalized spacial score (nSPS) is 27.6. The van der Waals surface area contributed by atoms with Gasteiger partial charge in [-0.25, -0.2) is 0 Å². The molecule has 0 bridgehead atoms. The molecule has 1 aromatic rings. The van der Waals surface area contributed by atoms with Gasteiger partial charge < -0.3 is 5.32 Å². The van der Waals surface area contributed by atoms with Crippen LogP contribution in [-0.2, 0) is 6.54 Å². The maximum atomic E-state index is 6.15. The van der Waals surface area contributed by atoms with Gasteiger partial charge in [-0.1, -0.05) is 11.6 Å². The SMILES string of the molecule is Cl.Clc1cnccc1CN1CCC2(CCNC2)C1. The fourth-order valence-electron chi connectivity index (χ4n) is 3.08. The van der Waals surface area contributed by atoms with Crippen molar-refractivity contribution in [2.45, 2.75) is 19.4 Å².